The average molecular weight is 275 g/mol. The molecule has 0 amide bonds. The molecule has 4 bridgehead atoms. The van der Waals surface area contributed by atoms with Gasteiger partial charge in [-0.2, -0.15) is 4.98 Å². The Labute approximate surface area is 120 Å². The molecule has 0 spiro atoms. The summed E-state index contributed by atoms with van der Waals surface area (Å²) in [6.45, 7) is 1.95. The first-order chi connectivity index (χ1) is 9.61. The maximum Gasteiger partial charge on any atom is 0.297 e. The van der Waals surface area contributed by atoms with Crippen LogP contribution in [0.5, 0.6) is 0 Å². The van der Waals surface area contributed by atoms with Crippen molar-refractivity contribution >= 4 is 6.01 Å². The van der Waals surface area contributed by atoms with Gasteiger partial charge >= 0.3 is 0 Å². The van der Waals surface area contributed by atoms with E-state index in [4.69, 9.17) is 10.2 Å². The molecule has 4 nitrogen and oxygen atoms in total. The van der Waals surface area contributed by atoms with Crippen LogP contribution in [0.15, 0.2) is 10.7 Å². The van der Waals surface area contributed by atoms with Gasteiger partial charge in [-0.3, -0.25) is 0 Å². The highest BCUT2D eigenvalue weighted by Crippen LogP contribution is 2.55. The number of rotatable bonds is 3. The summed E-state index contributed by atoms with van der Waals surface area (Å²) in [7, 11) is 2.16. The summed E-state index contributed by atoms with van der Waals surface area (Å²) in [5.74, 6) is 3.71. The average Bonchev–Trinajstić information content (AvgIpc) is 2.86. The lowest BCUT2D eigenvalue weighted by Crippen LogP contribution is -2.55. The Morgan fingerprint density at radius 1 is 1.20 bits per heavy atom. The van der Waals surface area contributed by atoms with Crippen molar-refractivity contribution in [2.75, 3.05) is 11.9 Å². The van der Waals surface area contributed by atoms with Crippen LogP contribution in [-0.4, -0.2) is 18.1 Å². The standard InChI is InChI=1S/C16H25N3O/c1-9(17)14-8-20-16(18-14)19(2)15-12-4-10-3-11(6-12)7-13(15)5-10/h8-13,15H,3-7,17H2,1-2H3. The number of anilines is 1. The molecule has 1 unspecified atom stereocenters. The zero-order valence-electron chi connectivity index (χ0n) is 12.5. The first-order valence-corrected chi connectivity index (χ1v) is 8.05. The van der Waals surface area contributed by atoms with E-state index in [2.05, 4.69) is 16.9 Å². The minimum atomic E-state index is -0.0561. The zero-order chi connectivity index (χ0) is 13.9. The van der Waals surface area contributed by atoms with Gasteiger partial charge in [0.1, 0.15) is 6.26 Å². The van der Waals surface area contributed by atoms with Gasteiger partial charge in [-0.25, -0.2) is 0 Å². The molecule has 5 rings (SSSR count). The second-order valence-electron chi connectivity index (χ2n) is 7.38. The van der Waals surface area contributed by atoms with Crippen molar-refractivity contribution in [1.29, 1.82) is 0 Å². The predicted molar refractivity (Wildman–Crippen MR) is 78.3 cm³/mol. The molecule has 4 saturated carbocycles. The highest BCUT2D eigenvalue weighted by molar-refractivity contribution is 5.30. The summed E-state index contributed by atoms with van der Waals surface area (Å²) >= 11 is 0. The molecule has 1 atom stereocenters. The quantitative estimate of drug-likeness (QED) is 0.921. The molecule has 2 N–H and O–H groups in total. The van der Waals surface area contributed by atoms with Crippen molar-refractivity contribution in [3.8, 4) is 0 Å². The summed E-state index contributed by atoms with van der Waals surface area (Å²) in [4.78, 5) is 6.88. The van der Waals surface area contributed by atoms with Gasteiger partial charge in [-0.15, -0.1) is 0 Å². The van der Waals surface area contributed by atoms with Gasteiger partial charge in [0.2, 0.25) is 0 Å². The molecule has 4 aliphatic carbocycles. The third-order valence-corrected chi connectivity index (χ3v) is 5.90. The highest BCUT2D eigenvalue weighted by atomic mass is 16.4. The number of nitrogens with two attached hydrogens (primary N) is 1. The van der Waals surface area contributed by atoms with Crippen LogP contribution in [0.4, 0.5) is 6.01 Å². The SMILES string of the molecule is CC(N)c1coc(N(C)C2C3CC4CC(C3)CC2C4)n1. The Balaban J connectivity index is 1.57. The molecule has 1 aromatic heterocycles. The molecule has 0 aromatic carbocycles. The van der Waals surface area contributed by atoms with Crippen LogP contribution in [0.1, 0.15) is 50.8 Å². The van der Waals surface area contributed by atoms with Crippen molar-refractivity contribution in [3.05, 3.63) is 12.0 Å². The van der Waals surface area contributed by atoms with E-state index in [1.165, 1.54) is 32.1 Å². The van der Waals surface area contributed by atoms with Gasteiger partial charge in [0.25, 0.3) is 6.01 Å². The van der Waals surface area contributed by atoms with Crippen LogP contribution in [0, 0.1) is 23.7 Å². The molecule has 1 aromatic rings. The van der Waals surface area contributed by atoms with Gasteiger partial charge in [-0.1, -0.05) is 0 Å². The van der Waals surface area contributed by atoms with Gasteiger partial charge in [0, 0.05) is 19.1 Å². The molecule has 110 valence electrons. The van der Waals surface area contributed by atoms with Crippen LogP contribution in [-0.2, 0) is 0 Å². The van der Waals surface area contributed by atoms with E-state index < -0.39 is 0 Å². The van der Waals surface area contributed by atoms with E-state index in [0.29, 0.717) is 6.04 Å². The smallest absolute Gasteiger partial charge is 0.297 e. The molecule has 0 saturated heterocycles. The van der Waals surface area contributed by atoms with Crippen LogP contribution in [0.25, 0.3) is 0 Å². The maximum atomic E-state index is 5.88. The van der Waals surface area contributed by atoms with E-state index in [0.717, 1.165) is 35.4 Å². The third-order valence-electron chi connectivity index (χ3n) is 5.90. The Kier molecular flexibility index (Phi) is 2.85. The minimum absolute atomic E-state index is 0.0561. The minimum Gasteiger partial charge on any atom is -0.432 e. The number of hydrogen-bond acceptors (Lipinski definition) is 4. The molecular weight excluding hydrogens is 250 g/mol. The first-order valence-electron chi connectivity index (χ1n) is 8.05. The molecule has 4 fully saturated rings. The Morgan fingerprint density at radius 2 is 1.80 bits per heavy atom. The number of aromatic nitrogens is 1. The normalized spacial score (nSPS) is 40.0. The molecule has 4 aliphatic rings. The molecule has 20 heavy (non-hydrogen) atoms. The Bertz CT molecular complexity index is 468. The van der Waals surface area contributed by atoms with E-state index in [9.17, 15) is 0 Å². The molecular formula is C16H25N3O. The zero-order valence-corrected chi connectivity index (χ0v) is 12.5. The number of hydrogen-bond donors (Lipinski definition) is 1. The Hall–Kier alpha value is -1.03. The van der Waals surface area contributed by atoms with Crippen molar-refractivity contribution in [3.63, 3.8) is 0 Å². The lowest BCUT2D eigenvalue weighted by atomic mass is 9.54. The molecule has 4 heteroatoms. The summed E-state index contributed by atoms with van der Waals surface area (Å²) in [6, 6.07) is 1.33. The van der Waals surface area contributed by atoms with Crippen molar-refractivity contribution in [1.82, 2.24) is 4.98 Å². The van der Waals surface area contributed by atoms with Crippen molar-refractivity contribution in [2.24, 2.45) is 29.4 Å². The third kappa shape index (κ3) is 1.88. The monoisotopic (exact) mass is 275 g/mol. The van der Waals surface area contributed by atoms with Gasteiger partial charge < -0.3 is 15.1 Å². The maximum absolute atomic E-state index is 5.88. The van der Waals surface area contributed by atoms with E-state index >= 15 is 0 Å². The fraction of sp³-hybridized carbons (Fsp3) is 0.812. The molecule has 0 aliphatic heterocycles. The lowest BCUT2D eigenvalue weighted by Gasteiger charge is -2.56. The van der Waals surface area contributed by atoms with Crippen LogP contribution in [0.3, 0.4) is 0 Å². The largest absolute Gasteiger partial charge is 0.432 e. The van der Waals surface area contributed by atoms with Crippen molar-refractivity contribution in [2.45, 2.75) is 51.1 Å². The van der Waals surface area contributed by atoms with E-state index in [1.807, 2.05) is 6.92 Å². The van der Waals surface area contributed by atoms with Gasteiger partial charge in [-0.05, 0) is 62.7 Å². The van der Waals surface area contributed by atoms with Crippen LogP contribution >= 0.6 is 0 Å². The van der Waals surface area contributed by atoms with Gasteiger partial charge in [0.05, 0.1) is 5.69 Å². The van der Waals surface area contributed by atoms with Crippen molar-refractivity contribution < 1.29 is 4.42 Å². The summed E-state index contributed by atoms with van der Waals surface area (Å²) in [5, 5.41) is 0. The summed E-state index contributed by atoms with van der Waals surface area (Å²) < 4.78 is 5.68. The topological polar surface area (TPSA) is 55.3 Å². The van der Waals surface area contributed by atoms with Crippen LogP contribution in [0.2, 0.25) is 0 Å². The Morgan fingerprint density at radius 3 is 2.30 bits per heavy atom. The molecule has 0 radical (unpaired) electrons. The van der Waals surface area contributed by atoms with Gasteiger partial charge in [0.15, 0.2) is 0 Å². The van der Waals surface area contributed by atoms with E-state index in [1.54, 1.807) is 6.26 Å². The van der Waals surface area contributed by atoms with E-state index in [-0.39, 0.29) is 6.04 Å². The second-order valence-corrected chi connectivity index (χ2v) is 7.38. The summed E-state index contributed by atoms with van der Waals surface area (Å²) in [6.07, 6.45) is 8.89. The predicted octanol–water partition coefficient (Wildman–Crippen LogP) is 2.96. The number of nitrogens with zero attached hydrogens (tertiary/aromatic N) is 2. The lowest BCUT2D eigenvalue weighted by molar-refractivity contribution is -0.00247. The summed E-state index contributed by atoms with van der Waals surface area (Å²) in [5.41, 5.74) is 6.74. The fourth-order valence-electron chi connectivity index (χ4n) is 5.30. The molecule has 1 heterocycles. The van der Waals surface area contributed by atoms with Crippen LogP contribution < -0.4 is 10.6 Å². The highest BCUT2D eigenvalue weighted by Gasteiger charge is 2.50. The second kappa shape index (κ2) is 4.48. The first kappa shape index (κ1) is 12.7. The fourth-order valence-corrected chi connectivity index (χ4v) is 5.30. The number of oxazole rings is 1.